The molecular weight excluding hydrogens is 456 g/mol. The number of rotatable bonds is 11. The van der Waals surface area contributed by atoms with Gasteiger partial charge < -0.3 is 25.2 Å². The van der Waals surface area contributed by atoms with Crippen molar-refractivity contribution in [3.8, 4) is 11.5 Å². The van der Waals surface area contributed by atoms with E-state index in [9.17, 15) is 9.90 Å². The minimum absolute atomic E-state index is 0.232. The molecule has 1 unspecified atom stereocenters. The molecule has 1 heterocycles. The quantitative estimate of drug-likeness (QED) is 0.257. The van der Waals surface area contributed by atoms with Crippen molar-refractivity contribution in [1.82, 2.24) is 9.97 Å². The molecule has 36 heavy (non-hydrogen) atoms. The van der Waals surface area contributed by atoms with E-state index in [4.69, 9.17) is 9.47 Å². The van der Waals surface area contributed by atoms with E-state index in [0.717, 1.165) is 16.9 Å². The molecule has 0 spiro atoms. The number of carbonyl (C=O) groups is 1. The summed E-state index contributed by atoms with van der Waals surface area (Å²) in [5, 5.41) is 16.6. The average Bonchev–Trinajstić information content (AvgIpc) is 2.90. The normalized spacial score (nSPS) is 11.4. The third-order valence-corrected chi connectivity index (χ3v) is 5.64. The van der Waals surface area contributed by atoms with Gasteiger partial charge in [0, 0.05) is 29.2 Å². The first-order chi connectivity index (χ1) is 17.5. The Kier molecular flexibility index (Phi) is 7.97. The van der Waals surface area contributed by atoms with Gasteiger partial charge in [-0.05, 0) is 54.8 Å². The molecule has 0 saturated carbocycles. The van der Waals surface area contributed by atoms with E-state index in [2.05, 4.69) is 20.6 Å². The molecule has 3 N–H and O–H groups in total. The Hall–Kier alpha value is -4.59. The molecule has 4 rings (SSSR count). The standard InChI is InChI=1S/C28H28N4O4/c1-35-24-14-19(15-25(17-24)36-2)13-20(27(33)34)16-21-18-29-28(31-23-11-7-4-8-12-23)32-26(21)30-22-9-5-3-6-10-22/h3-12,14-15,17-18,20H,13,16H2,1-2H3,(H,33,34)(H2,29,30,31,32). The molecule has 0 aliphatic carbocycles. The highest BCUT2D eigenvalue weighted by molar-refractivity contribution is 5.72. The number of anilines is 4. The highest BCUT2D eigenvalue weighted by Crippen LogP contribution is 2.28. The third kappa shape index (κ3) is 6.50. The van der Waals surface area contributed by atoms with Crippen molar-refractivity contribution in [3.63, 3.8) is 0 Å². The largest absolute Gasteiger partial charge is 0.497 e. The number of nitrogens with zero attached hydrogens (tertiary/aromatic N) is 2. The predicted octanol–water partition coefficient (Wildman–Crippen LogP) is 5.47. The van der Waals surface area contributed by atoms with Crippen LogP contribution in [0.15, 0.2) is 85.1 Å². The minimum atomic E-state index is -0.908. The molecule has 4 aromatic rings. The number of para-hydroxylation sites is 2. The number of hydrogen-bond acceptors (Lipinski definition) is 7. The van der Waals surface area contributed by atoms with Crippen LogP contribution in [0.2, 0.25) is 0 Å². The maximum atomic E-state index is 12.3. The van der Waals surface area contributed by atoms with Crippen LogP contribution < -0.4 is 20.1 Å². The van der Waals surface area contributed by atoms with Crippen molar-refractivity contribution < 1.29 is 19.4 Å². The van der Waals surface area contributed by atoms with Crippen LogP contribution in [0.1, 0.15) is 11.1 Å². The van der Waals surface area contributed by atoms with Gasteiger partial charge in [-0.25, -0.2) is 4.98 Å². The Labute approximate surface area is 210 Å². The second kappa shape index (κ2) is 11.7. The lowest BCUT2D eigenvalue weighted by Gasteiger charge is -2.17. The summed E-state index contributed by atoms with van der Waals surface area (Å²) in [6.07, 6.45) is 2.19. The van der Waals surface area contributed by atoms with E-state index in [0.29, 0.717) is 28.8 Å². The second-order valence-corrected chi connectivity index (χ2v) is 8.21. The molecule has 184 valence electrons. The number of carboxylic acids is 1. The molecule has 0 saturated heterocycles. The number of hydrogen-bond donors (Lipinski definition) is 3. The van der Waals surface area contributed by atoms with Gasteiger partial charge >= 0.3 is 5.97 Å². The molecule has 0 fully saturated rings. The van der Waals surface area contributed by atoms with Crippen LogP contribution in [-0.2, 0) is 17.6 Å². The van der Waals surface area contributed by atoms with Crippen LogP contribution in [0.4, 0.5) is 23.1 Å². The number of nitrogens with one attached hydrogen (secondary N) is 2. The van der Waals surface area contributed by atoms with Crippen LogP contribution >= 0.6 is 0 Å². The van der Waals surface area contributed by atoms with Gasteiger partial charge in [-0.1, -0.05) is 36.4 Å². The Morgan fingerprint density at radius 1 is 0.861 bits per heavy atom. The van der Waals surface area contributed by atoms with Gasteiger partial charge in [-0.15, -0.1) is 0 Å². The fraction of sp³-hybridized carbons (Fsp3) is 0.179. The van der Waals surface area contributed by atoms with Crippen molar-refractivity contribution in [2.24, 2.45) is 5.92 Å². The SMILES string of the molecule is COc1cc(CC(Cc2cnc(Nc3ccccc3)nc2Nc2ccccc2)C(=O)O)cc(OC)c1. The van der Waals surface area contributed by atoms with E-state index >= 15 is 0 Å². The molecule has 1 aromatic heterocycles. The third-order valence-electron chi connectivity index (χ3n) is 5.64. The zero-order valence-corrected chi connectivity index (χ0v) is 20.1. The molecule has 3 aromatic carbocycles. The molecule has 8 nitrogen and oxygen atoms in total. The van der Waals surface area contributed by atoms with E-state index in [-0.39, 0.29) is 12.8 Å². The Morgan fingerprint density at radius 3 is 2.00 bits per heavy atom. The van der Waals surface area contributed by atoms with Crippen LogP contribution in [0.25, 0.3) is 0 Å². The van der Waals surface area contributed by atoms with Gasteiger partial charge in [0.25, 0.3) is 0 Å². The van der Waals surface area contributed by atoms with Crippen LogP contribution in [-0.4, -0.2) is 35.3 Å². The number of benzene rings is 3. The summed E-state index contributed by atoms with van der Waals surface area (Å²) >= 11 is 0. The number of aliphatic carboxylic acids is 1. The van der Waals surface area contributed by atoms with Crippen molar-refractivity contribution in [2.45, 2.75) is 12.8 Å². The molecule has 0 amide bonds. The summed E-state index contributed by atoms with van der Waals surface area (Å²) in [6.45, 7) is 0. The summed E-state index contributed by atoms with van der Waals surface area (Å²) in [4.78, 5) is 21.4. The van der Waals surface area contributed by atoms with Gasteiger partial charge in [-0.3, -0.25) is 4.79 Å². The first-order valence-corrected chi connectivity index (χ1v) is 11.5. The van der Waals surface area contributed by atoms with Gasteiger partial charge in [0.05, 0.1) is 20.1 Å². The zero-order valence-electron chi connectivity index (χ0n) is 20.1. The minimum Gasteiger partial charge on any atom is -0.497 e. The van der Waals surface area contributed by atoms with Gasteiger partial charge in [-0.2, -0.15) is 4.98 Å². The van der Waals surface area contributed by atoms with Gasteiger partial charge in [0.1, 0.15) is 17.3 Å². The maximum Gasteiger partial charge on any atom is 0.307 e. The van der Waals surface area contributed by atoms with Crippen molar-refractivity contribution in [1.29, 1.82) is 0 Å². The lowest BCUT2D eigenvalue weighted by molar-refractivity contribution is -0.141. The van der Waals surface area contributed by atoms with Crippen LogP contribution in [0.5, 0.6) is 11.5 Å². The fourth-order valence-corrected chi connectivity index (χ4v) is 3.81. The number of ether oxygens (including phenoxy) is 2. The molecule has 0 aliphatic rings. The Balaban J connectivity index is 1.63. The Bertz CT molecular complexity index is 1280. The summed E-state index contributed by atoms with van der Waals surface area (Å²) in [6, 6.07) is 24.6. The highest BCUT2D eigenvalue weighted by atomic mass is 16.5. The Morgan fingerprint density at radius 2 is 1.44 bits per heavy atom. The van der Waals surface area contributed by atoms with E-state index in [1.54, 1.807) is 26.5 Å². The summed E-state index contributed by atoms with van der Waals surface area (Å²) in [5.74, 6) is 0.555. The summed E-state index contributed by atoms with van der Waals surface area (Å²) in [5.41, 5.74) is 3.19. The van der Waals surface area contributed by atoms with E-state index in [1.807, 2.05) is 72.8 Å². The molecule has 0 aliphatic heterocycles. The molecular formula is C28H28N4O4. The van der Waals surface area contributed by atoms with Crippen molar-refractivity contribution in [2.75, 3.05) is 24.9 Å². The number of methoxy groups -OCH3 is 2. The average molecular weight is 485 g/mol. The molecule has 0 radical (unpaired) electrons. The van der Waals surface area contributed by atoms with Crippen molar-refractivity contribution >= 4 is 29.1 Å². The van der Waals surface area contributed by atoms with Crippen LogP contribution in [0.3, 0.4) is 0 Å². The van der Waals surface area contributed by atoms with Crippen LogP contribution in [0, 0.1) is 5.92 Å². The fourth-order valence-electron chi connectivity index (χ4n) is 3.81. The molecule has 1 atom stereocenters. The topological polar surface area (TPSA) is 106 Å². The van der Waals surface area contributed by atoms with Crippen molar-refractivity contribution in [3.05, 3.63) is 96.2 Å². The van der Waals surface area contributed by atoms with E-state index < -0.39 is 11.9 Å². The first kappa shape index (κ1) is 24.5. The number of aromatic nitrogens is 2. The van der Waals surface area contributed by atoms with Gasteiger partial charge in [0.15, 0.2) is 0 Å². The second-order valence-electron chi connectivity index (χ2n) is 8.21. The van der Waals surface area contributed by atoms with Gasteiger partial charge in [0.2, 0.25) is 5.95 Å². The first-order valence-electron chi connectivity index (χ1n) is 11.5. The lowest BCUT2D eigenvalue weighted by atomic mass is 9.93. The number of carboxylic acid groups (broad SMARTS) is 1. The maximum absolute atomic E-state index is 12.3. The monoisotopic (exact) mass is 484 g/mol. The smallest absolute Gasteiger partial charge is 0.307 e. The summed E-state index contributed by atoms with van der Waals surface area (Å²) < 4.78 is 10.7. The highest BCUT2D eigenvalue weighted by Gasteiger charge is 2.22. The molecule has 8 heteroatoms. The lowest BCUT2D eigenvalue weighted by Crippen LogP contribution is -2.20. The van der Waals surface area contributed by atoms with E-state index in [1.165, 1.54) is 0 Å². The summed E-state index contributed by atoms with van der Waals surface area (Å²) in [7, 11) is 3.13. The predicted molar refractivity (Wildman–Crippen MR) is 140 cm³/mol. The molecule has 0 bridgehead atoms. The zero-order chi connectivity index (χ0) is 25.3.